The molecule has 1 saturated heterocycles. The van der Waals surface area contributed by atoms with Crippen LogP contribution in [0.15, 0.2) is 41.8 Å². The van der Waals surface area contributed by atoms with Crippen molar-refractivity contribution in [2.45, 2.75) is 0 Å². The molecule has 3 aromatic heterocycles. The normalized spacial score (nSPS) is 15.0. The topological polar surface area (TPSA) is 98.0 Å². The van der Waals surface area contributed by atoms with E-state index < -0.39 is 0 Å². The molecule has 0 aliphatic carbocycles. The maximum absolute atomic E-state index is 12.8. The molecule has 1 aliphatic heterocycles. The van der Waals surface area contributed by atoms with Crippen LogP contribution in [0.4, 0.5) is 5.95 Å². The summed E-state index contributed by atoms with van der Waals surface area (Å²) in [5, 5.41) is 1.06. The molecule has 3 aromatic rings. The molecular formula is C16H16N6O2. The van der Waals surface area contributed by atoms with Crippen molar-refractivity contribution in [2.75, 3.05) is 31.1 Å². The summed E-state index contributed by atoms with van der Waals surface area (Å²) < 4.78 is 0. The van der Waals surface area contributed by atoms with Gasteiger partial charge in [-0.3, -0.25) is 14.6 Å². The summed E-state index contributed by atoms with van der Waals surface area (Å²) in [6, 6.07) is 1.74. The van der Waals surface area contributed by atoms with Gasteiger partial charge < -0.3 is 19.8 Å². The van der Waals surface area contributed by atoms with Gasteiger partial charge >= 0.3 is 0 Å². The van der Waals surface area contributed by atoms with Crippen molar-refractivity contribution in [3.63, 3.8) is 0 Å². The van der Waals surface area contributed by atoms with E-state index in [0.717, 1.165) is 5.95 Å². The lowest BCUT2D eigenvalue weighted by Gasteiger charge is -2.34. The molecule has 122 valence electrons. The second-order valence-corrected chi connectivity index (χ2v) is 5.65. The van der Waals surface area contributed by atoms with Gasteiger partial charge in [-0.1, -0.05) is 0 Å². The molecule has 1 amide bonds. The molecule has 0 atom stereocenters. The Balaban J connectivity index is 1.57. The van der Waals surface area contributed by atoms with Crippen molar-refractivity contribution in [1.29, 1.82) is 0 Å². The van der Waals surface area contributed by atoms with Crippen molar-refractivity contribution in [3.05, 3.63) is 53.0 Å². The number of hydrogen-bond donors (Lipinski definition) is 2. The number of H-pyrrole nitrogens is 2. The lowest BCUT2D eigenvalue weighted by atomic mass is 10.1. The number of aromatic nitrogens is 4. The van der Waals surface area contributed by atoms with E-state index in [0.29, 0.717) is 42.5 Å². The van der Waals surface area contributed by atoms with Crippen LogP contribution in [-0.4, -0.2) is 56.9 Å². The van der Waals surface area contributed by atoms with E-state index in [1.165, 1.54) is 12.4 Å². The monoisotopic (exact) mass is 324 g/mol. The largest absolute Gasteiger partial charge is 0.339 e. The zero-order chi connectivity index (χ0) is 16.5. The van der Waals surface area contributed by atoms with Crippen molar-refractivity contribution in [2.24, 2.45) is 0 Å². The first-order valence-corrected chi connectivity index (χ1v) is 7.73. The third-order valence-corrected chi connectivity index (χ3v) is 4.28. The molecule has 0 aromatic carbocycles. The molecule has 8 heteroatoms. The van der Waals surface area contributed by atoms with E-state index in [1.54, 1.807) is 29.6 Å². The Morgan fingerprint density at radius 2 is 1.88 bits per heavy atom. The van der Waals surface area contributed by atoms with Gasteiger partial charge in [0, 0.05) is 62.5 Å². The molecule has 0 bridgehead atoms. The minimum Gasteiger partial charge on any atom is -0.339 e. The van der Waals surface area contributed by atoms with E-state index in [9.17, 15) is 9.59 Å². The average Bonchev–Trinajstić information content (AvgIpc) is 3.16. The second kappa shape index (κ2) is 5.80. The number of hydrogen-bond acceptors (Lipinski definition) is 5. The van der Waals surface area contributed by atoms with Crippen LogP contribution in [0, 0.1) is 0 Å². The van der Waals surface area contributed by atoms with Crippen LogP contribution in [0.2, 0.25) is 0 Å². The Bertz CT molecular complexity index is 925. The molecule has 2 N–H and O–H groups in total. The summed E-state index contributed by atoms with van der Waals surface area (Å²) in [5.74, 6) is 0.721. The predicted molar refractivity (Wildman–Crippen MR) is 89.1 cm³/mol. The fourth-order valence-corrected chi connectivity index (χ4v) is 3.00. The van der Waals surface area contributed by atoms with Gasteiger partial charge in [-0.25, -0.2) is 4.98 Å². The van der Waals surface area contributed by atoms with Crippen molar-refractivity contribution in [1.82, 2.24) is 24.8 Å². The number of piperazine rings is 1. The van der Waals surface area contributed by atoms with Crippen molar-refractivity contribution in [3.8, 4) is 0 Å². The molecule has 4 rings (SSSR count). The van der Waals surface area contributed by atoms with Gasteiger partial charge in [0.1, 0.15) is 0 Å². The maximum atomic E-state index is 12.8. The van der Waals surface area contributed by atoms with Crippen LogP contribution in [-0.2, 0) is 0 Å². The molecule has 24 heavy (non-hydrogen) atoms. The van der Waals surface area contributed by atoms with E-state index in [4.69, 9.17) is 0 Å². The summed E-state index contributed by atoms with van der Waals surface area (Å²) in [6.07, 6.45) is 8.07. The lowest BCUT2D eigenvalue weighted by Crippen LogP contribution is -2.49. The Morgan fingerprint density at radius 3 is 2.62 bits per heavy atom. The Kier molecular flexibility index (Phi) is 3.49. The van der Waals surface area contributed by atoms with E-state index >= 15 is 0 Å². The number of nitrogens with one attached hydrogen (secondary N) is 2. The Labute approximate surface area is 137 Å². The molecule has 4 heterocycles. The Morgan fingerprint density at radius 1 is 1.04 bits per heavy atom. The van der Waals surface area contributed by atoms with Crippen LogP contribution in [0.1, 0.15) is 10.4 Å². The first-order valence-electron chi connectivity index (χ1n) is 7.73. The fourth-order valence-electron chi connectivity index (χ4n) is 3.00. The number of aromatic amines is 2. The highest BCUT2D eigenvalue weighted by atomic mass is 16.2. The highest BCUT2D eigenvalue weighted by Crippen LogP contribution is 2.17. The summed E-state index contributed by atoms with van der Waals surface area (Å²) in [6.45, 7) is 2.61. The van der Waals surface area contributed by atoms with Gasteiger partial charge in [0.25, 0.3) is 11.5 Å². The van der Waals surface area contributed by atoms with E-state index in [-0.39, 0.29) is 11.5 Å². The molecule has 0 unspecified atom stereocenters. The number of anilines is 1. The zero-order valence-corrected chi connectivity index (χ0v) is 12.9. The number of pyridine rings is 2. The van der Waals surface area contributed by atoms with E-state index in [2.05, 4.69) is 24.8 Å². The smallest absolute Gasteiger partial charge is 0.257 e. The van der Waals surface area contributed by atoms with Crippen molar-refractivity contribution >= 4 is 22.6 Å². The number of carbonyl (C=O) groups is 1. The highest BCUT2D eigenvalue weighted by Gasteiger charge is 2.24. The number of fused-ring (bicyclic) bond motifs is 1. The summed E-state index contributed by atoms with van der Waals surface area (Å²) in [7, 11) is 0. The van der Waals surface area contributed by atoms with Gasteiger partial charge in [0.2, 0.25) is 5.95 Å². The standard InChI is InChI=1S/C16H16N6O2/c23-14-12-9-17-10-13(11(12)1-2-18-14)15(24)21-5-7-22(8-6-21)16-19-3-4-20-16/h1-4,9-10H,5-8H2,(H,18,23)(H,19,20). The van der Waals surface area contributed by atoms with Gasteiger partial charge in [-0.15, -0.1) is 0 Å². The molecule has 0 saturated carbocycles. The first-order chi connectivity index (χ1) is 11.7. The van der Waals surface area contributed by atoms with Gasteiger partial charge in [-0.2, -0.15) is 0 Å². The quantitative estimate of drug-likeness (QED) is 0.720. The highest BCUT2D eigenvalue weighted by molar-refractivity contribution is 6.06. The number of imidazole rings is 1. The third kappa shape index (κ3) is 2.41. The van der Waals surface area contributed by atoms with Crippen LogP contribution in [0.25, 0.3) is 10.8 Å². The number of carbonyl (C=O) groups excluding carboxylic acids is 1. The lowest BCUT2D eigenvalue weighted by molar-refractivity contribution is 0.0748. The molecule has 1 fully saturated rings. The first kappa shape index (κ1) is 14.4. The summed E-state index contributed by atoms with van der Waals surface area (Å²) >= 11 is 0. The maximum Gasteiger partial charge on any atom is 0.257 e. The third-order valence-electron chi connectivity index (χ3n) is 4.28. The molecule has 0 radical (unpaired) electrons. The number of nitrogens with zero attached hydrogens (tertiary/aromatic N) is 4. The summed E-state index contributed by atoms with van der Waals surface area (Å²) in [4.78, 5) is 42.6. The Hall–Kier alpha value is -3.16. The zero-order valence-electron chi connectivity index (χ0n) is 12.9. The molecular weight excluding hydrogens is 308 g/mol. The summed E-state index contributed by atoms with van der Waals surface area (Å²) in [5.41, 5.74) is 0.224. The fraction of sp³-hybridized carbons (Fsp3) is 0.250. The number of rotatable bonds is 2. The molecule has 0 spiro atoms. The second-order valence-electron chi connectivity index (χ2n) is 5.65. The minimum absolute atomic E-state index is 0.0993. The number of amides is 1. The molecule has 1 aliphatic rings. The van der Waals surface area contributed by atoms with Crippen LogP contribution < -0.4 is 10.5 Å². The van der Waals surface area contributed by atoms with Crippen molar-refractivity contribution < 1.29 is 4.79 Å². The van der Waals surface area contributed by atoms with E-state index in [1.807, 2.05) is 0 Å². The van der Waals surface area contributed by atoms with Gasteiger partial charge in [0.05, 0.1) is 10.9 Å². The minimum atomic E-state index is -0.239. The van der Waals surface area contributed by atoms with Crippen LogP contribution in [0.3, 0.4) is 0 Å². The molecule has 8 nitrogen and oxygen atoms in total. The average molecular weight is 324 g/mol. The van der Waals surface area contributed by atoms with Crippen LogP contribution in [0.5, 0.6) is 0 Å². The van der Waals surface area contributed by atoms with Gasteiger partial charge in [0.15, 0.2) is 0 Å². The SMILES string of the molecule is O=C(c1cncc2c(=O)[nH]ccc12)N1CCN(c2ncc[nH]2)CC1. The van der Waals surface area contributed by atoms with Crippen LogP contribution >= 0.6 is 0 Å². The van der Waals surface area contributed by atoms with Gasteiger partial charge in [-0.05, 0) is 6.07 Å². The predicted octanol–water partition coefficient (Wildman–Crippen LogP) is 0.609.